The molecule has 0 radical (unpaired) electrons. The summed E-state index contributed by atoms with van der Waals surface area (Å²) in [6, 6.07) is 1.09. The van der Waals surface area contributed by atoms with Crippen LogP contribution in [0.15, 0.2) is 6.07 Å². The molecule has 0 aliphatic rings. The first-order valence-corrected chi connectivity index (χ1v) is 8.38. The second-order valence-corrected chi connectivity index (χ2v) is 5.63. The molecule has 1 aromatic heterocycles. The predicted octanol–water partition coefficient (Wildman–Crippen LogP) is 5.47. The second kappa shape index (κ2) is 9.74. The van der Waals surface area contributed by atoms with Crippen molar-refractivity contribution in [3.05, 3.63) is 11.8 Å². The molecule has 0 saturated heterocycles. The highest BCUT2D eigenvalue weighted by atomic mass is 19.4. The van der Waals surface area contributed by atoms with Crippen molar-refractivity contribution >= 4 is 5.82 Å². The van der Waals surface area contributed by atoms with E-state index >= 15 is 0 Å². The van der Waals surface area contributed by atoms with E-state index in [0.29, 0.717) is 12.4 Å². The zero-order chi connectivity index (χ0) is 16.4. The summed E-state index contributed by atoms with van der Waals surface area (Å²) in [7, 11) is 0. The molecule has 0 bridgehead atoms. The van der Waals surface area contributed by atoms with Gasteiger partial charge in [-0.2, -0.15) is 18.3 Å². The topological polar surface area (TPSA) is 29.9 Å². The number of aromatic nitrogens is 2. The predicted molar refractivity (Wildman–Crippen MR) is 84.0 cm³/mol. The Bertz CT molecular complexity index is 413. The SMILES string of the molecule is CCCCCCCCCCNc1cc(C(F)(F)F)n(CC)n1. The Kier molecular flexibility index (Phi) is 8.35. The van der Waals surface area contributed by atoms with E-state index < -0.39 is 11.9 Å². The normalized spacial score (nSPS) is 11.9. The van der Waals surface area contributed by atoms with Crippen LogP contribution in [0.3, 0.4) is 0 Å². The minimum absolute atomic E-state index is 0.217. The Labute approximate surface area is 131 Å². The molecule has 1 N–H and O–H groups in total. The molecule has 0 unspecified atom stereocenters. The van der Waals surface area contributed by atoms with Crippen molar-refractivity contribution in [2.75, 3.05) is 11.9 Å². The summed E-state index contributed by atoms with van der Waals surface area (Å²) in [5.74, 6) is 0.317. The van der Waals surface area contributed by atoms with E-state index in [1.54, 1.807) is 6.92 Å². The molecule has 1 aromatic rings. The zero-order valence-corrected chi connectivity index (χ0v) is 13.7. The molecule has 1 heterocycles. The zero-order valence-electron chi connectivity index (χ0n) is 13.7. The summed E-state index contributed by atoms with van der Waals surface area (Å²) in [6.07, 6.45) is 5.35. The number of halogens is 3. The molecule has 128 valence electrons. The lowest BCUT2D eigenvalue weighted by Crippen LogP contribution is -2.13. The molecule has 0 aromatic carbocycles. The van der Waals surface area contributed by atoms with Crippen molar-refractivity contribution in [3.8, 4) is 0 Å². The van der Waals surface area contributed by atoms with E-state index in [-0.39, 0.29) is 6.54 Å². The molecule has 1 rings (SSSR count). The van der Waals surface area contributed by atoms with Gasteiger partial charge in [0.25, 0.3) is 0 Å². The van der Waals surface area contributed by atoms with Gasteiger partial charge in [-0.15, -0.1) is 0 Å². The Morgan fingerprint density at radius 1 is 1.00 bits per heavy atom. The van der Waals surface area contributed by atoms with E-state index in [0.717, 1.165) is 23.6 Å². The van der Waals surface area contributed by atoms with Crippen molar-refractivity contribution in [1.29, 1.82) is 0 Å². The number of rotatable bonds is 11. The molecule has 0 atom stereocenters. The van der Waals surface area contributed by atoms with Gasteiger partial charge >= 0.3 is 6.18 Å². The summed E-state index contributed by atoms with van der Waals surface area (Å²) in [6.45, 7) is 4.75. The number of anilines is 1. The van der Waals surface area contributed by atoms with Gasteiger partial charge in [-0.1, -0.05) is 51.9 Å². The highest BCUT2D eigenvalue weighted by Crippen LogP contribution is 2.30. The number of aryl methyl sites for hydroxylation is 1. The van der Waals surface area contributed by atoms with Crippen LogP contribution in [0.1, 0.15) is 70.9 Å². The standard InChI is InChI=1S/C16H28F3N3/c1-3-5-6-7-8-9-10-11-12-20-15-13-14(16(17,18)19)22(4-2)21-15/h13H,3-12H2,1-2H3,(H,20,21). The maximum atomic E-state index is 12.8. The molecule has 0 aliphatic heterocycles. The fourth-order valence-electron chi connectivity index (χ4n) is 2.45. The first kappa shape index (κ1) is 18.8. The molecule has 3 nitrogen and oxygen atoms in total. The number of nitrogens with zero attached hydrogens (tertiary/aromatic N) is 2. The first-order valence-electron chi connectivity index (χ1n) is 8.38. The van der Waals surface area contributed by atoms with Gasteiger partial charge in [-0.05, 0) is 13.3 Å². The fraction of sp³-hybridized carbons (Fsp3) is 0.812. The van der Waals surface area contributed by atoms with Gasteiger partial charge in [0.05, 0.1) is 0 Å². The molecule has 0 aliphatic carbocycles. The second-order valence-electron chi connectivity index (χ2n) is 5.63. The van der Waals surface area contributed by atoms with Crippen LogP contribution >= 0.6 is 0 Å². The minimum Gasteiger partial charge on any atom is -0.369 e. The summed E-state index contributed by atoms with van der Waals surface area (Å²) in [4.78, 5) is 0. The number of alkyl halides is 3. The molecular formula is C16H28F3N3. The van der Waals surface area contributed by atoms with Crippen molar-refractivity contribution in [1.82, 2.24) is 9.78 Å². The van der Waals surface area contributed by atoms with Crippen LogP contribution in [0.25, 0.3) is 0 Å². The van der Waals surface area contributed by atoms with Crippen LogP contribution in [-0.4, -0.2) is 16.3 Å². The molecule has 6 heteroatoms. The van der Waals surface area contributed by atoms with Gasteiger partial charge in [-0.25, -0.2) is 0 Å². The Morgan fingerprint density at radius 2 is 1.59 bits per heavy atom. The van der Waals surface area contributed by atoms with Crippen LogP contribution in [0.2, 0.25) is 0 Å². The van der Waals surface area contributed by atoms with Crippen molar-refractivity contribution in [2.45, 2.75) is 77.9 Å². The Morgan fingerprint density at radius 3 is 2.09 bits per heavy atom. The molecule has 0 fully saturated rings. The Balaban J connectivity index is 2.21. The average Bonchev–Trinajstić information content (AvgIpc) is 2.89. The number of unbranched alkanes of at least 4 members (excludes halogenated alkanes) is 7. The summed E-state index contributed by atoms with van der Waals surface area (Å²) < 4.78 is 39.3. The van der Waals surface area contributed by atoms with Crippen LogP contribution in [-0.2, 0) is 12.7 Å². The summed E-state index contributed by atoms with van der Waals surface area (Å²) >= 11 is 0. The molecule has 0 amide bonds. The first-order chi connectivity index (χ1) is 10.5. The van der Waals surface area contributed by atoms with E-state index in [4.69, 9.17) is 0 Å². The van der Waals surface area contributed by atoms with Crippen LogP contribution < -0.4 is 5.32 Å². The molecular weight excluding hydrogens is 291 g/mol. The highest BCUT2D eigenvalue weighted by Gasteiger charge is 2.35. The van der Waals surface area contributed by atoms with Gasteiger partial charge in [0.2, 0.25) is 0 Å². The summed E-state index contributed by atoms with van der Waals surface area (Å²) in [5.41, 5.74) is -0.687. The lowest BCUT2D eigenvalue weighted by molar-refractivity contribution is -0.144. The maximum absolute atomic E-state index is 12.8. The maximum Gasteiger partial charge on any atom is 0.433 e. The Hall–Kier alpha value is -1.20. The fourth-order valence-corrected chi connectivity index (χ4v) is 2.45. The third kappa shape index (κ3) is 6.71. The smallest absolute Gasteiger partial charge is 0.369 e. The van der Waals surface area contributed by atoms with Crippen molar-refractivity contribution in [2.24, 2.45) is 0 Å². The lowest BCUT2D eigenvalue weighted by Gasteiger charge is -2.06. The third-order valence-electron chi connectivity index (χ3n) is 3.71. The van der Waals surface area contributed by atoms with Crippen molar-refractivity contribution < 1.29 is 13.2 Å². The highest BCUT2D eigenvalue weighted by molar-refractivity contribution is 5.36. The third-order valence-corrected chi connectivity index (χ3v) is 3.71. The van der Waals surface area contributed by atoms with Gasteiger partial charge in [-0.3, -0.25) is 4.68 Å². The van der Waals surface area contributed by atoms with E-state index in [1.807, 2.05) is 0 Å². The lowest BCUT2D eigenvalue weighted by atomic mass is 10.1. The molecule has 22 heavy (non-hydrogen) atoms. The van der Waals surface area contributed by atoms with Gasteiger partial charge in [0.15, 0.2) is 0 Å². The molecule has 0 spiro atoms. The average molecular weight is 319 g/mol. The largest absolute Gasteiger partial charge is 0.433 e. The van der Waals surface area contributed by atoms with Crippen LogP contribution in [0.4, 0.5) is 19.0 Å². The van der Waals surface area contributed by atoms with E-state index in [1.165, 1.54) is 38.5 Å². The summed E-state index contributed by atoms with van der Waals surface area (Å²) in [5, 5.41) is 6.94. The van der Waals surface area contributed by atoms with E-state index in [9.17, 15) is 13.2 Å². The van der Waals surface area contributed by atoms with Crippen molar-refractivity contribution in [3.63, 3.8) is 0 Å². The number of hydrogen-bond acceptors (Lipinski definition) is 2. The minimum atomic E-state index is -4.35. The monoisotopic (exact) mass is 319 g/mol. The quantitative estimate of drug-likeness (QED) is 0.548. The number of hydrogen-bond donors (Lipinski definition) is 1. The van der Waals surface area contributed by atoms with Gasteiger partial charge in [0.1, 0.15) is 11.5 Å². The van der Waals surface area contributed by atoms with Gasteiger partial charge in [0, 0.05) is 19.2 Å². The van der Waals surface area contributed by atoms with Gasteiger partial charge < -0.3 is 5.32 Å². The van der Waals surface area contributed by atoms with Crippen LogP contribution in [0.5, 0.6) is 0 Å². The molecule has 0 saturated carbocycles. The van der Waals surface area contributed by atoms with E-state index in [2.05, 4.69) is 17.3 Å². The number of nitrogens with one attached hydrogen (secondary N) is 1. The van der Waals surface area contributed by atoms with Crippen LogP contribution in [0, 0.1) is 0 Å².